The summed E-state index contributed by atoms with van der Waals surface area (Å²) in [5, 5.41) is 2.81. The smallest absolute Gasteiger partial charge is 0.257 e. The van der Waals surface area contributed by atoms with E-state index in [1.165, 1.54) is 6.07 Å². The number of rotatable bonds is 2. The van der Waals surface area contributed by atoms with Crippen LogP contribution in [0.15, 0.2) is 42.5 Å². The molecule has 0 spiro atoms. The fourth-order valence-corrected chi connectivity index (χ4v) is 2.67. The van der Waals surface area contributed by atoms with E-state index in [9.17, 15) is 13.6 Å². The molecule has 20 heavy (non-hydrogen) atoms. The molecule has 6 heteroatoms. The predicted octanol–water partition coefficient (Wildman–Crippen LogP) is 3.83. The number of aromatic nitrogens is 1. The van der Waals surface area contributed by atoms with Crippen molar-refractivity contribution in [2.75, 3.05) is 5.32 Å². The number of nitrogens with one attached hydrogen (secondary N) is 1. The van der Waals surface area contributed by atoms with Crippen LogP contribution in [0.4, 0.5) is 13.9 Å². The Hall–Kier alpha value is -2.34. The van der Waals surface area contributed by atoms with Crippen LogP contribution in [0.5, 0.6) is 0 Å². The van der Waals surface area contributed by atoms with Gasteiger partial charge in [0.2, 0.25) is 0 Å². The molecule has 1 amide bonds. The molecule has 2 aromatic carbocycles. The molecule has 0 aliphatic heterocycles. The highest BCUT2D eigenvalue weighted by molar-refractivity contribution is 7.22. The van der Waals surface area contributed by atoms with Crippen molar-refractivity contribution in [1.82, 2.24) is 4.98 Å². The molecule has 0 aliphatic rings. The van der Waals surface area contributed by atoms with Gasteiger partial charge in [0.15, 0.2) is 10.9 Å². The van der Waals surface area contributed by atoms with E-state index in [1.54, 1.807) is 30.3 Å². The minimum absolute atomic E-state index is 0.0553. The summed E-state index contributed by atoms with van der Waals surface area (Å²) in [6, 6.07) is 10.5. The lowest BCUT2D eigenvalue weighted by atomic mass is 10.2. The summed E-state index contributed by atoms with van der Waals surface area (Å²) >= 11 is 1.03. The number of benzene rings is 2. The number of hydrogen-bond donors (Lipinski definition) is 1. The van der Waals surface area contributed by atoms with Crippen molar-refractivity contribution in [3.63, 3.8) is 0 Å². The summed E-state index contributed by atoms with van der Waals surface area (Å²) in [6.07, 6.45) is 0. The highest BCUT2D eigenvalue weighted by Gasteiger charge is 2.13. The van der Waals surface area contributed by atoms with E-state index < -0.39 is 11.6 Å². The second-order valence-corrected chi connectivity index (χ2v) is 5.10. The Morgan fingerprint density at radius 2 is 1.90 bits per heavy atom. The molecule has 100 valence electrons. The first kappa shape index (κ1) is 12.7. The quantitative estimate of drug-likeness (QED) is 0.779. The van der Waals surface area contributed by atoms with E-state index in [4.69, 9.17) is 0 Å². The number of hydrogen-bond acceptors (Lipinski definition) is 3. The zero-order valence-electron chi connectivity index (χ0n) is 10.1. The Labute approximate surface area is 116 Å². The number of fused-ring (bicyclic) bond motifs is 1. The number of thiazole rings is 1. The molecule has 3 nitrogen and oxygen atoms in total. The van der Waals surface area contributed by atoms with Crippen LogP contribution in [-0.4, -0.2) is 10.9 Å². The first-order valence-corrected chi connectivity index (χ1v) is 6.57. The lowest BCUT2D eigenvalue weighted by Gasteiger charge is -2.00. The lowest BCUT2D eigenvalue weighted by molar-refractivity contribution is 0.102. The van der Waals surface area contributed by atoms with Crippen LogP contribution in [-0.2, 0) is 0 Å². The zero-order chi connectivity index (χ0) is 14.1. The molecule has 0 bridgehead atoms. The fraction of sp³-hybridized carbons (Fsp3) is 0. The highest BCUT2D eigenvalue weighted by atomic mass is 32.1. The van der Waals surface area contributed by atoms with E-state index in [0.717, 1.165) is 17.4 Å². The standard InChI is InChI=1S/C14H8F2N2OS/c15-9-6-10(16)12-11(7-9)20-14(17-12)18-13(19)8-4-2-1-3-5-8/h1-7H,(H,17,18,19). The molecule has 0 saturated heterocycles. The topological polar surface area (TPSA) is 42.0 Å². The molecular weight excluding hydrogens is 282 g/mol. The van der Waals surface area contributed by atoms with E-state index in [1.807, 2.05) is 0 Å². The zero-order valence-corrected chi connectivity index (χ0v) is 10.9. The molecule has 3 rings (SSSR count). The molecule has 1 heterocycles. The van der Waals surface area contributed by atoms with Gasteiger partial charge in [-0.15, -0.1) is 0 Å². The second kappa shape index (κ2) is 4.97. The Kier molecular flexibility index (Phi) is 3.15. The average Bonchev–Trinajstić information content (AvgIpc) is 2.82. The number of carbonyl (C=O) groups is 1. The van der Waals surface area contributed by atoms with Crippen molar-refractivity contribution in [3.8, 4) is 0 Å². The van der Waals surface area contributed by atoms with Crippen molar-refractivity contribution < 1.29 is 13.6 Å². The first-order valence-electron chi connectivity index (χ1n) is 5.75. The fourth-order valence-electron chi connectivity index (χ4n) is 1.77. The predicted molar refractivity (Wildman–Crippen MR) is 73.9 cm³/mol. The van der Waals surface area contributed by atoms with Crippen LogP contribution < -0.4 is 5.32 Å². The molecule has 0 fully saturated rings. The summed E-state index contributed by atoms with van der Waals surface area (Å²) in [5.41, 5.74) is 0.526. The van der Waals surface area contributed by atoms with Crippen molar-refractivity contribution in [1.29, 1.82) is 0 Å². The van der Waals surface area contributed by atoms with Crippen LogP contribution in [0, 0.1) is 11.6 Å². The average molecular weight is 290 g/mol. The third-order valence-electron chi connectivity index (χ3n) is 2.67. The van der Waals surface area contributed by atoms with Crippen molar-refractivity contribution in [3.05, 3.63) is 59.7 Å². The van der Waals surface area contributed by atoms with E-state index in [-0.39, 0.29) is 16.6 Å². The van der Waals surface area contributed by atoms with Gasteiger partial charge in [0, 0.05) is 11.6 Å². The molecule has 1 N–H and O–H groups in total. The number of amides is 1. The summed E-state index contributed by atoms with van der Waals surface area (Å²) in [4.78, 5) is 15.9. The normalized spacial score (nSPS) is 10.7. The highest BCUT2D eigenvalue weighted by Crippen LogP contribution is 2.28. The van der Waals surface area contributed by atoms with Crippen LogP contribution >= 0.6 is 11.3 Å². The van der Waals surface area contributed by atoms with Crippen molar-refractivity contribution in [2.24, 2.45) is 0 Å². The Morgan fingerprint density at radius 3 is 2.65 bits per heavy atom. The van der Waals surface area contributed by atoms with E-state index in [0.29, 0.717) is 10.3 Å². The third-order valence-corrected chi connectivity index (χ3v) is 3.59. The molecule has 3 aromatic rings. The molecule has 0 atom stereocenters. The Morgan fingerprint density at radius 1 is 1.15 bits per heavy atom. The Balaban J connectivity index is 1.92. The van der Waals surface area contributed by atoms with Gasteiger partial charge in [-0.1, -0.05) is 29.5 Å². The van der Waals surface area contributed by atoms with Gasteiger partial charge in [0.25, 0.3) is 5.91 Å². The monoisotopic (exact) mass is 290 g/mol. The molecule has 1 aromatic heterocycles. The van der Waals surface area contributed by atoms with Gasteiger partial charge in [-0.3, -0.25) is 10.1 Å². The van der Waals surface area contributed by atoms with Crippen LogP contribution in [0.2, 0.25) is 0 Å². The maximum atomic E-state index is 13.5. The van der Waals surface area contributed by atoms with Gasteiger partial charge in [-0.05, 0) is 18.2 Å². The number of halogens is 2. The van der Waals surface area contributed by atoms with Crippen LogP contribution in [0.25, 0.3) is 10.2 Å². The van der Waals surface area contributed by atoms with Gasteiger partial charge in [0.05, 0.1) is 4.70 Å². The minimum Gasteiger partial charge on any atom is -0.298 e. The van der Waals surface area contributed by atoms with Crippen LogP contribution in [0.3, 0.4) is 0 Å². The summed E-state index contributed by atoms with van der Waals surface area (Å²) in [6.45, 7) is 0. The largest absolute Gasteiger partial charge is 0.298 e. The minimum atomic E-state index is -0.739. The van der Waals surface area contributed by atoms with Gasteiger partial charge >= 0.3 is 0 Å². The molecule has 0 aliphatic carbocycles. The van der Waals surface area contributed by atoms with Crippen molar-refractivity contribution in [2.45, 2.75) is 0 Å². The molecule has 0 radical (unpaired) electrons. The summed E-state index contributed by atoms with van der Waals surface area (Å²) < 4.78 is 27.0. The number of anilines is 1. The van der Waals surface area contributed by atoms with Gasteiger partial charge in [-0.2, -0.15) is 0 Å². The maximum Gasteiger partial charge on any atom is 0.257 e. The molecule has 0 unspecified atom stereocenters. The second-order valence-electron chi connectivity index (χ2n) is 4.07. The third kappa shape index (κ3) is 2.37. The number of carbonyl (C=O) groups excluding carboxylic acids is 1. The summed E-state index contributed by atoms with van der Waals surface area (Å²) in [7, 11) is 0. The Bertz CT molecular complexity index is 786. The van der Waals surface area contributed by atoms with Crippen molar-refractivity contribution >= 4 is 32.6 Å². The number of nitrogens with zero attached hydrogens (tertiary/aromatic N) is 1. The molecule has 0 saturated carbocycles. The van der Waals surface area contributed by atoms with Gasteiger partial charge in [-0.25, -0.2) is 13.8 Å². The van der Waals surface area contributed by atoms with Crippen LogP contribution in [0.1, 0.15) is 10.4 Å². The van der Waals surface area contributed by atoms with E-state index >= 15 is 0 Å². The van der Waals surface area contributed by atoms with Gasteiger partial charge in [0.1, 0.15) is 11.3 Å². The first-order chi connectivity index (χ1) is 9.63. The maximum absolute atomic E-state index is 13.5. The van der Waals surface area contributed by atoms with Gasteiger partial charge < -0.3 is 0 Å². The molecular formula is C14H8F2N2OS. The van der Waals surface area contributed by atoms with E-state index in [2.05, 4.69) is 10.3 Å². The lowest BCUT2D eigenvalue weighted by Crippen LogP contribution is -2.11. The SMILES string of the molecule is O=C(Nc1nc2c(F)cc(F)cc2s1)c1ccccc1. The summed E-state index contributed by atoms with van der Waals surface area (Å²) in [5.74, 6) is -1.75.